The first-order chi connectivity index (χ1) is 12.0. The Morgan fingerprint density at radius 2 is 2.04 bits per heavy atom. The van der Waals surface area contributed by atoms with Gasteiger partial charge in [-0.15, -0.1) is 11.3 Å². The molecule has 0 atom stereocenters. The van der Waals surface area contributed by atoms with Gasteiger partial charge in [0.05, 0.1) is 17.0 Å². The molecule has 0 bridgehead atoms. The van der Waals surface area contributed by atoms with Crippen molar-refractivity contribution in [2.24, 2.45) is 0 Å². The highest BCUT2D eigenvalue weighted by Crippen LogP contribution is 2.45. The Bertz CT molecular complexity index is 1060. The number of halogens is 2. The first kappa shape index (κ1) is 17.1. The van der Waals surface area contributed by atoms with E-state index in [9.17, 15) is 9.90 Å². The zero-order valence-corrected chi connectivity index (χ0v) is 17.3. The number of fused-ring (bicyclic) bond motifs is 3. The number of hydrogen-bond donors (Lipinski definition) is 2. The lowest BCUT2D eigenvalue weighted by Crippen LogP contribution is -2.11. The van der Waals surface area contributed by atoms with Crippen molar-refractivity contribution >= 4 is 53.4 Å². The lowest BCUT2D eigenvalue weighted by molar-refractivity contribution is 0.372. The van der Waals surface area contributed by atoms with Gasteiger partial charge in [0, 0.05) is 14.9 Å². The minimum atomic E-state index is -0.116. The second kappa shape index (κ2) is 6.41. The maximum atomic E-state index is 12.7. The number of aromatic hydroxyl groups is 1. The molecule has 1 aromatic carbocycles. The van der Waals surface area contributed by atoms with Gasteiger partial charge in [-0.1, -0.05) is 0 Å². The van der Waals surface area contributed by atoms with Crippen LogP contribution in [0.5, 0.6) is 11.5 Å². The number of nitrogens with zero attached hydrogens (tertiary/aromatic N) is 1. The van der Waals surface area contributed by atoms with E-state index in [1.165, 1.54) is 12.0 Å². The summed E-state index contributed by atoms with van der Waals surface area (Å²) in [5.74, 6) is 0.744. The minimum absolute atomic E-state index is 0.00635. The Hall–Kier alpha value is -1.38. The number of benzene rings is 1. The van der Waals surface area contributed by atoms with E-state index >= 15 is 0 Å². The monoisotopic (exact) mass is 484 g/mol. The summed E-state index contributed by atoms with van der Waals surface area (Å²) in [6.45, 7) is 0. The maximum absolute atomic E-state index is 12.7. The van der Waals surface area contributed by atoms with Crippen LogP contribution in [0, 0.1) is 0 Å². The van der Waals surface area contributed by atoms with Crippen LogP contribution in [0.2, 0.25) is 0 Å². The van der Waals surface area contributed by atoms with Crippen molar-refractivity contribution in [3.05, 3.63) is 35.8 Å². The number of hydrogen-bond acceptors (Lipinski definition) is 5. The van der Waals surface area contributed by atoms with E-state index in [1.807, 2.05) is 0 Å². The van der Waals surface area contributed by atoms with Crippen LogP contribution in [0.1, 0.15) is 23.3 Å². The Labute approximate surface area is 164 Å². The van der Waals surface area contributed by atoms with Crippen molar-refractivity contribution in [2.45, 2.75) is 25.7 Å². The number of H-pyrrole nitrogens is 1. The van der Waals surface area contributed by atoms with E-state index in [2.05, 4.69) is 36.8 Å². The number of aromatic nitrogens is 2. The van der Waals surface area contributed by atoms with Crippen molar-refractivity contribution in [3.8, 4) is 22.9 Å². The third kappa shape index (κ3) is 2.71. The smallest absolute Gasteiger partial charge is 0.260 e. The van der Waals surface area contributed by atoms with Crippen molar-refractivity contribution in [1.82, 2.24) is 9.97 Å². The van der Waals surface area contributed by atoms with Crippen LogP contribution in [0.4, 0.5) is 0 Å². The summed E-state index contributed by atoms with van der Waals surface area (Å²) in [6, 6.07) is 1.65. The van der Waals surface area contributed by atoms with Gasteiger partial charge in [-0.05, 0) is 69.2 Å². The molecule has 0 saturated carbocycles. The van der Waals surface area contributed by atoms with E-state index in [0.29, 0.717) is 26.1 Å². The highest BCUT2D eigenvalue weighted by molar-refractivity contribution is 9.13. The molecule has 4 rings (SSSR count). The predicted octanol–water partition coefficient (Wildman–Crippen LogP) is 4.77. The van der Waals surface area contributed by atoms with E-state index in [0.717, 1.165) is 41.5 Å². The molecule has 0 saturated heterocycles. The summed E-state index contributed by atoms with van der Waals surface area (Å²) in [4.78, 5) is 22.4. The van der Waals surface area contributed by atoms with Crippen LogP contribution in [0.15, 0.2) is 19.8 Å². The Kier molecular flexibility index (Phi) is 4.37. The number of rotatable bonds is 2. The topological polar surface area (TPSA) is 75.2 Å². The molecule has 0 aliphatic heterocycles. The molecule has 0 fully saturated rings. The van der Waals surface area contributed by atoms with Crippen molar-refractivity contribution < 1.29 is 9.84 Å². The van der Waals surface area contributed by atoms with Crippen LogP contribution >= 0.6 is 43.2 Å². The van der Waals surface area contributed by atoms with Crippen molar-refractivity contribution in [3.63, 3.8) is 0 Å². The number of nitrogens with one attached hydrogen (secondary N) is 1. The fourth-order valence-corrected chi connectivity index (χ4v) is 5.37. The number of phenolic OH excluding ortho intramolecular Hbond substituents is 1. The molecule has 0 amide bonds. The molecule has 0 unspecified atom stereocenters. The minimum Gasteiger partial charge on any atom is -0.503 e. The lowest BCUT2D eigenvalue weighted by atomic mass is 9.97. The Balaban J connectivity index is 1.97. The molecule has 3 aromatic rings. The van der Waals surface area contributed by atoms with Crippen LogP contribution in [0.3, 0.4) is 0 Å². The van der Waals surface area contributed by atoms with Gasteiger partial charge in [0.2, 0.25) is 0 Å². The standard InChI is InChI=1S/C17H14Br2N2O3S/c1-24-9-6-8(12(18)13(19)14(9)22)15-20-16(23)11-7-4-2-3-5-10(7)25-17(11)21-15/h6,22H,2-5H2,1H3,(H,20,21,23). The second-order valence-corrected chi connectivity index (χ2v) is 8.58. The summed E-state index contributed by atoms with van der Waals surface area (Å²) in [6.07, 6.45) is 4.25. The third-order valence-electron chi connectivity index (χ3n) is 4.45. The second-order valence-electron chi connectivity index (χ2n) is 5.91. The molecule has 1 aliphatic carbocycles. The fourth-order valence-electron chi connectivity index (χ4n) is 3.21. The number of aryl methyl sites for hydroxylation is 2. The molecule has 5 nitrogen and oxygen atoms in total. The zero-order valence-electron chi connectivity index (χ0n) is 13.3. The van der Waals surface area contributed by atoms with Gasteiger partial charge in [-0.3, -0.25) is 4.79 Å². The quantitative estimate of drug-likeness (QED) is 0.548. The largest absolute Gasteiger partial charge is 0.503 e. The van der Waals surface area contributed by atoms with E-state index in [-0.39, 0.29) is 11.3 Å². The van der Waals surface area contributed by atoms with Crippen LogP contribution in [0.25, 0.3) is 21.6 Å². The van der Waals surface area contributed by atoms with Gasteiger partial charge in [-0.25, -0.2) is 4.98 Å². The van der Waals surface area contributed by atoms with E-state index < -0.39 is 0 Å². The van der Waals surface area contributed by atoms with Crippen molar-refractivity contribution in [2.75, 3.05) is 7.11 Å². The third-order valence-corrected chi connectivity index (χ3v) is 7.76. The lowest BCUT2D eigenvalue weighted by Gasteiger charge is -2.12. The average Bonchev–Trinajstić information content (AvgIpc) is 2.99. The number of phenols is 1. The average molecular weight is 486 g/mol. The molecule has 2 aromatic heterocycles. The molecule has 130 valence electrons. The first-order valence-electron chi connectivity index (χ1n) is 7.81. The molecule has 8 heteroatoms. The van der Waals surface area contributed by atoms with Gasteiger partial charge in [0.15, 0.2) is 11.5 Å². The number of thiophene rings is 1. The summed E-state index contributed by atoms with van der Waals surface area (Å²) in [5.41, 5.74) is 1.69. The molecule has 2 heterocycles. The molecular formula is C17H14Br2N2O3S. The fraction of sp³-hybridized carbons (Fsp3) is 0.294. The van der Waals surface area contributed by atoms with Crippen LogP contribution in [-0.4, -0.2) is 22.2 Å². The zero-order chi connectivity index (χ0) is 17.7. The SMILES string of the molecule is COc1cc(-c2nc3sc4c(c3c(=O)[nH]2)CCCC4)c(Br)c(Br)c1O. The number of ether oxygens (including phenoxy) is 1. The summed E-state index contributed by atoms with van der Waals surface area (Å²) in [7, 11) is 1.48. The summed E-state index contributed by atoms with van der Waals surface area (Å²) < 4.78 is 6.27. The first-order valence-corrected chi connectivity index (χ1v) is 10.2. The predicted molar refractivity (Wildman–Crippen MR) is 106 cm³/mol. The molecule has 0 spiro atoms. The van der Waals surface area contributed by atoms with E-state index in [1.54, 1.807) is 17.4 Å². The van der Waals surface area contributed by atoms with Crippen LogP contribution in [-0.2, 0) is 12.8 Å². The Morgan fingerprint density at radius 3 is 2.80 bits per heavy atom. The molecule has 2 N–H and O–H groups in total. The number of aromatic amines is 1. The summed E-state index contributed by atoms with van der Waals surface area (Å²) >= 11 is 8.40. The molecule has 0 radical (unpaired) electrons. The van der Waals surface area contributed by atoms with Gasteiger partial charge >= 0.3 is 0 Å². The highest BCUT2D eigenvalue weighted by atomic mass is 79.9. The number of methoxy groups -OCH3 is 1. The molecular weight excluding hydrogens is 472 g/mol. The maximum Gasteiger partial charge on any atom is 0.260 e. The highest BCUT2D eigenvalue weighted by Gasteiger charge is 2.22. The van der Waals surface area contributed by atoms with Gasteiger partial charge in [0.1, 0.15) is 10.7 Å². The van der Waals surface area contributed by atoms with Gasteiger partial charge in [0.25, 0.3) is 5.56 Å². The molecule has 25 heavy (non-hydrogen) atoms. The van der Waals surface area contributed by atoms with Gasteiger partial charge < -0.3 is 14.8 Å². The summed E-state index contributed by atoms with van der Waals surface area (Å²) in [5, 5.41) is 10.8. The van der Waals surface area contributed by atoms with Crippen molar-refractivity contribution in [1.29, 1.82) is 0 Å². The van der Waals surface area contributed by atoms with E-state index in [4.69, 9.17) is 9.72 Å². The normalized spacial score (nSPS) is 13.9. The van der Waals surface area contributed by atoms with Gasteiger partial charge in [-0.2, -0.15) is 0 Å². The molecule has 1 aliphatic rings. The Morgan fingerprint density at radius 1 is 1.28 bits per heavy atom. The van der Waals surface area contributed by atoms with Crippen LogP contribution < -0.4 is 10.3 Å².